The van der Waals surface area contributed by atoms with Crippen LogP contribution in [0.2, 0.25) is 0 Å². The second-order valence-corrected chi connectivity index (χ2v) is 3.59. The molecule has 17 heavy (non-hydrogen) atoms. The molecular formula is C14H11NO2. The lowest BCUT2D eigenvalue weighted by molar-refractivity contribution is 0.483. The molecule has 0 unspecified atom stereocenters. The number of aliphatic imine (C=N–C) groups is 1. The molecule has 0 aromatic heterocycles. The summed E-state index contributed by atoms with van der Waals surface area (Å²) in [5.74, 6) is 1.26. The Morgan fingerprint density at radius 2 is 1.94 bits per heavy atom. The summed E-state index contributed by atoms with van der Waals surface area (Å²) in [5.41, 5.74) is 1.59. The third-order valence-electron chi connectivity index (χ3n) is 2.25. The van der Waals surface area contributed by atoms with Crippen molar-refractivity contribution in [2.24, 2.45) is 4.99 Å². The molecule has 0 amide bonds. The number of benzene rings is 2. The fourth-order valence-corrected chi connectivity index (χ4v) is 1.49. The van der Waals surface area contributed by atoms with E-state index in [-0.39, 0.29) is 0 Å². The van der Waals surface area contributed by atoms with Gasteiger partial charge in [0, 0.05) is 0 Å². The number of nitrogens with zero attached hydrogens (tertiary/aromatic N) is 1. The van der Waals surface area contributed by atoms with Gasteiger partial charge in [-0.05, 0) is 36.8 Å². The van der Waals surface area contributed by atoms with E-state index in [1.165, 1.54) is 6.08 Å². The van der Waals surface area contributed by atoms with E-state index in [2.05, 4.69) is 4.99 Å². The zero-order valence-electron chi connectivity index (χ0n) is 9.38. The van der Waals surface area contributed by atoms with Gasteiger partial charge >= 0.3 is 0 Å². The summed E-state index contributed by atoms with van der Waals surface area (Å²) in [6, 6.07) is 14.8. The van der Waals surface area contributed by atoms with Gasteiger partial charge in [0.25, 0.3) is 0 Å². The van der Waals surface area contributed by atoms with E-state index < -0.39 is 0 Å². The minimum Gasteiger partial charge on any atom is -0.455 e. The molecule has 0 aliphatic carbocycles. The summed E-state index contributed by atoms with van der Waals surface area (Å²) < 4.78 is 5.67. The van der Waals surface area contributed by atoms with Crippen molar-refractivity contribution in [2.75, 3.05) is 0 Å². The van der Waals surface area contributed by atoms with Crippen molar-refractivity contribution in [3.63, 3.8) is 0 Å². The molecule has 0 radical (unpaired) electrons. The maximum absolute atomic E-state index is 10.3. The zero-order chi connectivity index (χ0) is 12.1. The van der Waals surface area contributed by atoms with Crippen molar-refractivity contribution in [3.05, 3.63) is 54.1 Å². The van der Waals surface area contributed by atoms with E-state index in [1.54, 1.807) is 18.2 Å². The Balaban J connectivity index is 2.33. The standard InChI is InChI=1S/C14H11NO2/c1-11-5-4-6-12(9-11)17-14-8-3-2-7-13(14)15-10-16/h2-9H,1H3. The van der Waals surface area contributed by atoms with E-state index in [0.29, 0.717) is 11.4 Å². The monoisotopic (exact) mass is 225 g/mol. The summed E-state index contributed by atoms with van der Waals surface area (Å²) in [5, 5.41) is 0. The highest BCUT2D eigenvalue weighted by molar-refractivity contribution is 5.58. The third kappa shape index (κ3) is 2.80. The van der Waals surface area contributed by atoms with Gasteiger partial charge in [-0.3, -0.25) is 0 Å². The molecular weight excluding hydrogens is 214 g/mol. The molecule has 0 spiro atoms. The van der Waals surface area contributed by atoms with Gasteiger partial charge in [-0.2, -0.15) is 4.99 Å². The first-order chi connectivity index (χ1) is 8.29. The quantitative estimate of drug-likeness (QED) is 0.589. The van der Waals surface area contributed by atoms with Gasteiger partial charge in [0.05, 0.1) is 0 Å². The summed E-state index contributed by atoms with van der Waals surface area (Å²) in [6.07, 6.45) is 1.52. The minimum absolute atomic E-state index is 0.476. The normalized spacial score (nSPS) is 9.47. The molecule has 2 aromatic carbocycles. The van der Waals surface area contributed by atoms with Crippen molar-refractivity contribution >= 4 is 11.8 Å². The highest BCUT2D eigenvalue weighted by atomic mass is 16.5. The number of para-hydroxylation sites is 2. The van der Waals surface area contributed by atoms with Crippen molar-refractivity contribution in [3.8, 4) is 11.5 Å². The highest BCUT2D eigenvalue weighted by Crippen LogP contribution is 2.31. The van der Waals surface area contributed by atoms with Crippen LogP contribution in [0.1, 0.15) is 5.56 Å². The van der Waals surface area contributed by atoms with Crippen LogP contribution < -0.4 is 4.74 Å². The van der Waals surface area contributed by atoms with E-state index in [9.17, 15) is 4.79 Å². The molecule has 3 nitrogen and oxygen atoms in total. The average Bonchev–Trinajstić information content (AvgIpc) is 2.32. The molecule has 0 aliphatic rings. The number of rotatable bonds is 3. The van der Waals surface area contributed by atoms with Crippen LogP contribution in [-0.2, 0) is 4.79 Å². The topological polar surface area (TPSA) is 38.7 Å². The molecule has 0 saturated heterocycles. The van der Waals surface area contributed by atoms with Gasteiger partial charge in [0.2, 0.25) is 6.08 Å². The molecule has 0 bridgehead atoms. The van der Waals surface area contributed by atoms with Crippen LogP contribution in [0.15, 0.2) is 53.5 Å². The highest BCUT2D eigenvalue weighted by Gasteiger charge is 2.03. The first kappa shape index (κ1) is 11.1. The largest absolute Gasteiger partial charge is 0.455 e. The predicted molar refractivity (Wildman–Crippen MR) is 65.5 cm³/mol. The third-order valence-corrected chi connectivity index (χ3v) is 2.25. The Morgan fingerprint density at radius 1 is 1.12 bits per heavy atom. The SMILES string of the molecule is Cc1cccc(Oc2ccccc2N=C=O)c1. The van der Waals surface area contributed by atoms with Gasteiger partial charge < -0.3 is 4.74 Å². The number of carbonyl (C=O) groups excluding carboxylic acids is 1. The molecule has 3 heteroatoms. The predicted octanol–water partition coefficient (Wildman–Crippen LogP) is 3.75. The lowest BCUT2D eigenvalue weighted by Gasteiger charge is -2.07. The van der Waals surface area contributed by atoms with Crippen LogP contribution in [0.4, 0.5) is 5.69 Å². The van der Waals surface area contributed by atoms with Crippen LogP contribution >= 0.6 is 0 Å². The summed E-state index contributed by atoms with van der Waals surface area (Å²) in [6.45, 7) is 1.99. The smallest absolute Gasteiger partial charge is 0.240 e. The fourth-order valence-electron chi connectivity index (χ4n) is 1.49. The van der Waals surface area contributed by atoms with Gasteiger partial charge in [0.15, 0.2) is 5.75 Å². The molecule has 2 aromatic rings. The second kappa shape index (κ2) is 5.10. The van der Waals surface area contributed by atoms with Crippen LogP contribution in [0.3, 0.4) is 0 Å². The van der Waals surface area contributed by atoms with E-state index >= 15 is 0 Å². The number of hydrogen-bond donors (Lipinski definition) is 0. The van der Waals surface area contributed by atoms with Gasteiger partial charge in [-0.1, -0.05) is 24.3 Å². The number of ether oxygens (including phenoxy) is 1. The number of isocyanates is 1. The molecule has 0 atom stereocenters. The van der Waals surface area contributed by atoms with Gasteiger partial charge in [-0.15, -0.1) is 0 Å². The van der Waals surface area contributed by atoms with Crippen LogP contribution in [-0.4, -0.2) is 6.08 Å². The Bertz CT molecular complexity index is 572. The average molecular weight is 225 g/mol. The Labute approximate surface area is 99.4 Å². The first-order valence-corrected chi connectivity index (χ1v) is 5.21. The maximum atomic E-state index is 10.3. The second-order valence-electron chi connectivity index (χ2n) is 3.59. The Hall–Kier alpha value is -2.38. The van der Waals surface area contributed by atoms with E-state index in [0.717, 1.165) is 11.3 Å². The van der Waals surface area contributed by atoms with Crippen molar-refractivity contribution in [1.29, 1.82) is 0 Å². The molecule has 0 saturated carbocycles. The van der Waals surface area contributed by atoms with Crippen LogP contribution in [0, 0.1) is 6.92 Å². The molecule has 0 N–H and O–H groups in total. The lowest BCUT2D eigenvalue weighted by Crippen LogP contribution is -1.85. The Morgan fingerprint density at radius 3 is 2.71 bits per heavy atom. The molecule has 0 heterocycles. The summed E-state index contributed by atoms with van der Waals surface area (Å²) in [4.78, 5) is 13.9. The van der Waals surface area contributed by atoms with Gasteiger partial charge in [0.1, 0.15) is 11.4 Å². The van der Waals surface area contributed by atoms with Crippen LogP contribution in [0.25, 0.3) is 0 Å². The first-order valence-electron chi connectivity index (χ1n) is 5.21. The van der Waals surface area contributed by atoms with E-state index in [4.69, 9.17) is 4.74 Å². The number of hydrogen-bond acceptors (Lipinski definition) is 3. The zero-order valence-corrected chi connectivity index (χ0v) is 9.38. The van der Waals surface area contributed by atoms with Gasteiger partial charge in [-0.25, -0.2) is 4.79 Å². The molecule has 0 aliphatic heterocycles. The van der Waals surface area contributed by atoms with Crippen molar-refractivity contribution in [2.45, 2.75) is 6.92 Å². The van der Waals surface area contributed by atoms with Crippen molar-refractivity contribution in [1.82, 2.24) is 0 Å². The maximum Gasteiger partial charge on any atom is 0.240 e. The summed E-state index contributed by atoms with van der Waals surface area (Å²) >= 11 is 0. The molecule has 2 rings (SSSR count). The fraction of sp³-hybridized carbons (Fsp3) is 0.0714. The van der Waals surface area contributed by atoms with E-state index in [1.807, 2.05) is 37.3 Å². The lowest BCUT2D eigenvalue weighted by atomic mass is 10.2. The summed E-state index contributed by atoms with van der Waals surface area (Å²) in [7, 11) is 0. The van der Waals surface area contributed by atoms with Crippen molar-refractivity contribution < 1.29 is 9.53 Å². The minimum atomic E-state index is 0.476. The molecule has 84 valence electrons. The van der Waals surface area contributed by atoms with Crippen LogP contribution in [0.5, 0.6) is 11.5 Å². The molecule has 0 fully saturated rings. The number of aryl methyl sites for hydroxylation is 1. The Kier molecular flexibility index (Phi) is 3.34.